The summed E-state index contributed by atoms with van der Waals surface area (Å²) in [7, 11) is 1.38. The van der Waals surface area contributed by atoms with Crippen molar-refractivity contribution in [3.05, 3.63) is 44.2 Å². The van der Waals surface area contributed by atoms with E-state index in [4.69, 9.17) is 9.47 Å². The molecular formula is C25H32BrNO4S. The zero-order valence-electron chi connectivity index (χ0n) is 19.5. The summed E-state index contributed by atoms with van der Waals surface area (Å²) in [6, 6.07) is 5.40. The van der Waals surface area contributed by atoms with Gasteiger partial charge in [-0.3, -0.25) is 4.79 Å². The molecule has 5 nitrogen and oxygen atoms in total. The highest BCUT2D eigenvalue weighted by atomic mass is 79.9. The van der Waals surface area contributed by atoms with Crippen LogP contribution in [0.5, 0.6) is 5.75 Å². The summed E-state index contributed by atoms with van der Waals surface area (Å²) >= 11 is 4.94. The third kappa shape index (κ3) is 5.54. The fraction of sp³-hybridized carbons (Fsp3) is 0.520. The smallest absolute Gasteiger partial charge is 0.341 e. The number of benzene rings is 1. The van der Waals surface area contributed by atoms with Gasteiger partial charge in [-0.2, -0.15) is 0 Å². The average molecular weight is 523 g/mol. The second-order valence-electron chi connectivity index (χ2n) is 9.30. The molecule has 3 rings (SSSR count). The molecule has 1 amide bonds. The van der Waals surface area contributed by atoms with Gasteiger partial charge in [-0.25, -0.2) is 4.79 Å². The third-order valence-electron chi connectivity index (χ3n) is 6.05. The van der Waals surface area contributed by atoms with E-state index in [-0.39, 0.29) is 11.3 Å². The normalized spacial score (nSPS) is 15.8. The number of halogens is 1. The lowest BCUT2D eigenvalue weighted by Crippen LogP contribution is -2.26. The van der Waals surface area contributed by atoms with Gasteiger partial charge in [-0.1, -0.05) is 50.0 Å². The Bertz CT molecular complexity index is 993. The highest BCUT2D eigenvalue weighted by Crippen LogP contribution is 2.44. The van der Waals surface area contributed by atoms with Crippen molar-refractivity contribution in [2.24, 2.45) is 11.3 Å². The number of carbonyl (C=O) groups excluding carboxylic acids is 2. The largest absolute Gasteiger partial charge is 0.493 e. The van der Waals surface area contributed by atoms with Crippen LogP contribution in [-0.4, -0.2) is 25.6 Å². The number of amides is 1. The summed E-state index contributed by atoms with van der Waals surface area (Å²) in [6.45, 7) is 9.41. The second-order valence-corrected chi connectivity index (χ2v) is 11.3. The first-order chi connectivity index (χ1) is 15.2. The van der Waals surface area contributed by atoms with Crippen molar-refractivity contribution >= 4 is 44.1 Å². The number of hydrogen-bond acceptors (Lipinski definition) is 5. The topological polar surface area (TPSA) is 64.6 Å². The molecule has 174 valence electrons. The maximum Gasteiger partial charge on any atom is 0.341 e. The Morgan fingerprint density at radius 2 is 2.03 bits per heavy atom. The monoisotopic (exact) mass is 521 g/mol. The van der Waals surface area contributed by atoms with Crippen LogP contribution in [0, 0.1) is 11.3 Å². The standard InChI is InChI=1S/C25H32BrNO4S/c1-6-7-12-31-19-11-9-16(26)14-18(19)22(28)27-23-21(24(29)30-5)17-10-8-15(25(2,3)4)13-20(17)32-23/h9,11,14-15H,6-8,10,12-13H2,1-5H3,(H,27,28). The number of thiophene rings is 1. The molecule has 0 saturated carbocycles. The molecule has 0 spiro atoms. The van der Waals surface area contributed by atoms with Crippen molar-refractivity contribution < 1.29 is 19.1 Å². The van der Waals surface area contributed by atoms with Gasteiger partial charge in [0.1, 0.15) is 10.8 Å². The highest BCUT2D eigenvalue weighted by Gasteiger charge is 2.34. The number of ether oxygens (including phenoxy) is 2. The molecule has 1 unspecified atom stereocenters. The minimum Gasteiger partial charge on any atom is -0.493 e. The number of nitrogens with one attached hydrogen (secondary N) is 1. The number of methoxy groups -OCH3 is 1. The van der Waals surface area contributed by atoms with E-state index in [0.29, 0.717) is 34.4 Å². The van der Waals surface area contributed by atoms with Crippen LogP contribution >= 0.6 is 27.3 Å². The molecule has 32 heavy (non-hydrogen) atoms. The fourth-order valence-electron chi connectivity index (χ4n) is 4.03. The first-order valence-electron chi connectivity index (χ1n) is 11.1. The first-order valence-corrected chi connectivity index (χ1v) is 12.7. The van der Waals surface area contributed by atoms with Crippen LogP contribution in [0.1, 0.15) is 78.1 Å². The van der Waals surface area contributed by atoms with E-state index in [2.05, 4.69) is 48.9 Å². The van der Waals surface area contributed by atoms with Crippen LogP contribution < -0.4 is 10.1 Å². The van der Waals surface area contributed by atoms with E-state index in [1.54, 1.807) is 12.1 Å². The molecular weight excluding hydrogens is 490 g/mol. The van der Waals surface area contributed by atoms with Crippen molar-refractivity contribution in [3.8, 4) is 5.75 Å². The Hall–Kier alpha value is -1.86. The minimum absolute atomic E-state index is 0.192. The van der Waals surface area contributed by atoms with Crippen molar-refractivity contribution in [3.63, 3.8) is 0 Å². The van der Waals surface area contributed by atoms with Gasteiger partial charge >= 0.3 is 5.97 Å². The van der Waals surface area contributed by atoms with Crippen LogP contribution in [-0.2, 0) is 17.6 Å². The maximum absolute atomic E-state index is 13.3. The van der Waals surface area contributed by atoms with Crippen LogP contribution in [0.2, 0.25) is 0 Å². The van der Waals surface area contributed by atoms with E-state index in [0.717, 1.165) is 42.1 Å². The molecule has 0 aliphatic heterocycles. The number of carbonyl (C=O) groups is 2. The zero-order valence-corrected chi connectivity index (χ0v) is 21.9. The van der Waals surface area contributed by atoms with Crippen molar-refractivity contribution in [2.75, 3.05) is 19.0 Å². The number of anilines is 1. The van der Waals surface area contributed by atoms with E-state index < -0.39 is 5.97 Å². The van der Waals surface area contributed by atoms with E-state index in [1.165, 1.54) is 23.3 Å². The van der Waals surface area contributed by atoms with Crippen LogP contribution in [0.3, 0.4) is 0 Å². The highest BCUT2D eigenvalue weighted by molar-refractivity contribution is 9.10. The molecule has 1 heterocycles. The molecule has 1 N–H and O–H groups in total. The molecule has 1 aliphatic rings. The fourth-order valence-corrected chi connectivity index (χ4v) is 5.71. The summed E-state index contributed by atoms with van der Waals surface area (Å²) in [5.74, 6) is 0.369. The van der Waals surface area contributed by atoms with Crippen molar-refractivity contribution in [1.82, 2.24) is 0 Å². The number of esters is 1. The molecule has 0 fully saturated rings. The molecule has 1 aliphatic carbocycles. The summed E-state index contributed by atoms with van der Waals surface area (Å²) in [6.07, 6.45) is 4.67. The minimum atomic E-state index is -0.402. The van der Waals surface area contributed by atoms with Gasteiger partial charge in [0, 0.05) is 9.35 Å². The predicted molar refractivity (Wildman–Crippen MR) is 133 cm³/mol. The van der Waals surface area contributed by atoms with Crippen LogP contribution in [0.25, 0.3) is 0 Å². The number of hydrogen-bond donors (Lipinski definition) is 1. The second kappa shape index (κ2) is 10.4. The van der Waals surface area contributed by atoms with Gasteiger partial charge in [-0.05, 0) is 60.8 Å². The van der Waals surface area contributed by atoms with E-state index in [9.17, 15) is 9.59 Å². The first kappa shape index (κ1) is 24.8. The average Bonchev–Trinajstić information content (AvgIpc) is 3.10. The van der Waals surface area contributed by atoms with Gasteiger partial charge in [0.05, 0.1) is 24.8 Å². The van der Waals surface area contributed by atoms with Gasteiger partial charge in [0.15, 0.2) is 0 Å². The number of fused-ring (bicyclic) bond motifs is 1. The van der Waals surface area contributed by atoms with Crippen molar-refractivity contribution in [2.45, 2.75) is 59.8 Å². The Balaban J connectivity index is 1.92. The van der Waals surface area contributed by atoms with Crippen molar-refractivity contribution in [1.29, 1.82) is 0 Å². The Morgan fingerprint density at radius 3 is 2.69 bits per heavy atom. The molecule has 0 radical (unpaired) electrons. The van der Waals surface area contributed by atoms with Crippen LogP contribution in [0.4, 0.5) is 5.00 Å². The molecule has 1 aromatic heterocycles. The number of unbranched alkanes of at least 4 members (excludes halogenated alkanes) is 1. The summed E-state index contributed by atoms with van der Waals surface area (Å²) < 4.78 is 11.7. The maximum atomic E-state index is 13.3. The molecule has 0 bridgehead atoms. The lowest BCUT2D eigenvalue weighted by molar-refractivity contribution is 0.0600. The van der Waals surface area contributed by atoms with E-state index in [1.807, 2.05) is 6.07 Å². The SMILES string of the molecule is CCCCOc1ccc(Br)cc1C(=O)Nc1sc2c(c1C(=O)OC)CCC(C(C)(C)C)C2. The zero-order chi connectivity index (χ0) is 23.5. The molecule has 2 aromatic rings. The van der Waals surface area contributed by atoms with Gasteiger partial charge < -0.3 is 14.8 Å². The number of rotatable bonds is 7. The quantitative estimate of drug-likeness (QED) is 0.318. The van der Waals surface area contributed by atoms with E-state index >= 15 is 0 Å². The Morgan fingerprint density at radius 1 is 1.28 bits per heavy atom. The Kier molecular flexibility index (Phi) is 8.04. The summed E-state index contributed by atoms with van der Waals surface area (Å²) in [5, 5.41) is 3.55. The molecule has 7 heteroatoms. The van der Waals surface area contributed by atoms with Crippen LogP contribution in [0.15, 0.2) is 22.7 Å². The Labute approximate surface area is 203 Å². The van der Waals surface area contributed by atoms with Gasteiger partial charge in [0.25, 0.3) is 5.91 Å². The van der Waals surface area contributed by atoms with Gasteiger partial charge in [0.2, 0.25) is 0 Å². The molecule has 1 aromatic carbocycles. The molecule has 1 atom stereocenters. The molecule has 0 saturated heterocycles. The lowest BCUT2D eigenvalue weighted by atomic mass is 9.72. The summed E-state index contributed by atoms with van der Waals surface area (Å²) in [4.78, 5) is 27.1. The summed E-state index contributed by atoms with van der Waals surface area (Å²) in [5.41, 5.74) is 2.14. The lowest BCUT2D eigenvalue weighted by Gasteiger charge is -2.33. The predicted octanol–water partition coefficient (Wildman–Crippen LogP) is 6.88. The third-order valence-corrected chi connectivity index (χ3v) is 7.71. The van der Waals surface area contributed by atoms with Gasteiger partial charge in [-0.15, -0.1) is 11.3 Å².